The first-order valence-electron chi connectivity index (χ1n) is 12.4. The molecule has 1 aliphatic heterocycles. The first-order chi connectivity index (χ1) is 17.4. The van der Waals surface area contributed by atoms with Gasteiger partial charge >= 0.3 is 0 Å². The van der Waals surface area contributed by atoms with Crippen molar-refractivity contribution in [3.63, 3.8) is 0 Å². The van der Waals surface area contributed by atoms with E-state index >= 15 is 0 Å². The molecule has 5 nitrogen and oxygen atoms in total. The lowest BCUT2D eigenvalue weighted by Gasteiger charge is -2.41. The van der Waals surface area contributed by atoms with Crippen LogP contribution in [-0.2, 0) is 0 Å². The molecule has 4 aromatic rings. The maximum atomic E-state index is 13.5. The Kier molecular flexibility index (Phi) is 6.84. The predicted molar refractivity (Wildman–Crippen MR) is 147 cm³/mol. The average Bonchev–Trinajstić information content (AvgIpc) is 2.88. The van der Waals surface area contributed by atoms with Gasteiger partial charge in [0.05, 0.1) is 17.8 Å². The van der Waals surface area contributed by atoms with E-state index in [4.69, 9.17) is 21.3 Å². The molecule has 1 fully saturated rings. The maximum absolute atomic E-state index is 13.5. The zero-order valence-electron chi connectivity index (χ0n) is 20.9. The first-order valence-corrected chi connectivity index (χ1v) is 12.8. The molecule has 1 saturated heterocycles. The molecule has 1 unspecified atom stereocenters. The number of piperazine rings is 1. The number of nitrogens with zero attached hydrogens (tertiary/aromatic N) is 3. The highest BCUT2D eigenvalue weighted by molar-refractivity contribution is 6.30. The monoisotopic (exact) mass is 499 g/mol. The zero-order chi connectivity index (χ0) is 25.2. The molecule has 0 saturated carbocycles. The van der Waals surface area contributed by atoms with E-state index < -0.39 is 0 Å². The molecule has 1 atom stereocenters. The number of hydrogen-bond acceptors (Lipinski definition) is 4. The van der Waals surface area contributed by atoms with E-state index in [0.29, 0.717) is 36.0 Å². The van der Waals surface area contributed by atoms with E-state index in [0.717, 1.165) is 28.7 Å². The second-order valence-corrected chi connectivity index (χ2v) is 9.75. The molecule has 0 bridgehead atoms. The Labute approximate surface area is 217 Å². The van der Waals surface area contributed by atoms with Crippen LogP contribution < -0.4 is 9.64 Å². The minimum atomic E-state index is 0.0361. The summed E-state index contributed by atoms with van der Waals surface area (Å²) in [4.78, 5) is 22.7. The summed E-state index contributed by atoms with van der Waals surface area (Å²) in [6.07, 6.45) is 0. The molecule has 0 spiro atoms. The summed E-state index contributed by atoms with van der Waals surface area (Å²) in [6.45, 7) is 8.92. The number of aromatic nitrogens is 1. The van der Waals surface area contributed by atoms with Crippen molar-refractivity contribution in [2.24, 2.45) is 0 Å². The lowest BCUT2D eigenvalue weighted by Crippen LogP contribution is -2.53. The number of fused-ring (bicyclic) bond motifs is 1. The summed E-state index contributed by atoms with van der Waals surface area (Å²) >= 11 is 6.20. The van der Waals surface area contributed by atoms with Crippen molar-refractivity contribution in [1.82, 2.24) is 9.88 Å². The number of carbonyl (C=O) groups is 1. The van der Waals surface area contributed by atoms with Gasteiger partial charge in [0.1, 0.15) is 5.75 Å². The molecule has 36 heavy (non-hydrogen) atoms. The van der Waals surface area contributed by atoms with Gasteiger partial charge in [-0.25, -0.2) is 4.98 Å². The van der Waals surface area contributed by atoms with Gasteiger partial charge in [0.2, 0.25) is 0 Å². The van der Waals surface area contributed by atoms with Crippen LogP contribution >= 0.6 is 11.6 Å². The normalized spacial score (nSPS) is 15.8. The number of hydrogen-bond donors (Lipinski definition) is 0. The Hall–Kier alpha value is -3.57. The molecule has 184 valence electrons. The van der Waals surface area contributed by atoms with Gasteiger partial charge in [0.15, 0.2) is 0 Å². The lowest BCUT2D eigenvalue weighted by atomic mass is 10.0. The Balaban J connectivity index is 1.41. The van der Waals surface area contributed by atoms with Crippen molar-refractivity contribution in [3.8, 4) is 17.0 Å². The average molecular weight is 500 g/mol. The van der Waals surface area contributed by atoms with Crippen molar-refractivity contribution in [2.75, 3.05) is 31.1 Å². The number of amides is 1. The summed E-state index contributed by atoms with van der Waals surface area (Å²) in [5, 5.41) is 1.49. The fourth-order valence-corrected chi connectivity index (χ4v) is 5.10. The molecule has 5 rings (SSSR count). The summed E-state index contributed by atoms with van der Waals surface area (Å²) in [6, 6.07) is 24.0. The van der Waals surface area contributed by atoms with Gasteiger partial charge in [0, 0.05) is 59.0 Å². The van der Waals surface area contributed by atoms with Crippen molar-refractivity contribution in [1.29, 1.82) is 0 Å². The number of carbonyl (C=O) groups excluding carboxylic acids is 1. The summed E-state index contributed by atoms with van der Waals surface area (Å²) in [7, 11) is 0. The third-order valence-electron chi connectivity index (χ3n) is 6.69. The van der Waals surface area contributed by atoms with Crippen LogP contribution in [0.1, 0.15) is 29.8 Å². The number of pyridine rings is 1. The molecular weight excluding hydrogens is 470 g/mol. The van der Waals surface area contributed by atoms with E-state index in [2.05, 4.69) is 43.0 Å². The minimum absolute atomic E-state index is 0.0361. The van der Waals surface area contributed by atoms with E-state index in [1.807, 2.05) is 60.4 Å². The highest BCUT2D eigenvalue weighted by Gasteiger charge is 2.28. The molecule has 1 amide bonds. The second-order valence-electron chi connectivity index (χ2n) is 9.31. The lowest BCUT2D eigenvalue weighted by molar-refractivity contribution is 0.0726. The number of aryl methyl sites for hydroxylation is 1. The highest BCUT2D eigenvalue weighted by atomic mass is 35.5. The molecule has 1 aromatic heterocycles. The zero-order valence-corrected chi connectivity index (χ0v) is 21.6. The Bertz CT molecular complexity index is 1420. The van der Waals surface area contributed by atoms with Crippen LogP contribution in [0.2, 0.25) is 5.02 Å². The largest absolute Gasteiger partial charge is 0.493 e. The van der Waals surface area contributed by atoms with Gasteiger partial charge in [-0.05, 0) is 68.8 Å². The van der Waals surface area contributed by atoms with Crippen LogP contribution in [0.4, 0.5) is 5.69 Å². The third kappa shape index (κ3) is 4.89. The Morgan fingerprint density at radius 3 is 2.64 bits per heavy atom. The molecule has 6 heteroatoms. The summed E-state index contributed by atoms with van der Waals surface area (Å²) < 4.78 is 5.98. The van der Waals surface area contributed by atoms with Crippen LogP contribution in [0, 0.1) is 6.92 Å². The fourth-order valence-electron chi connectivity index (χ4n) is 4.91. The van der Waals surface area contributed by atoms with Crippen molar-refractivity contribution in [3.05, 3.63) is 88.9 Å². The van der Waals surface area contributed by atoms with Crippen LogP contribution in [0.5, 0.6) is 5.75 Å². The molecule has 0 aliphatic carbocycles. The summed E-state index contributed by atoms with van der Waals surface area (Å²) in [5.41, 5.74) is 5.59. The van der Waals surface area contributed by atoms with Gasteiger partial charge in [0.25, 0.3) is 5.91 Å². The predicted octanol–water partition coefficient (Wildman–Crippen LogP) is 6.61. The number of anilines is 1. The maximum Gasteiger partial charge on any atom is 0.254 e. The number of rotatable bonds is 5. The number of benzene rings is 3. The molecule has 2 heterocycles. The Morgan fingerprint density at radius 1 is 1.06 bits per heavy atom. The van der Waals surface area contributed by atoms with Gasteiger partial charge in [-0.15, -0.1) is 0 Å². The summed E-state index contributed by atoms with van der Waals surface area (Å²) in [5.74, 6) is 0.749. The highest BCUT2D eigenvalue weighted by Crippen LogP contribution is 2.32. The number of halogens is 1. The van der Waals surface area contributed by atoms with Crippen LogP contribution in [0.15, 0.2) is 72.8 Å². The standard InChI is InChI=1S/C30H30ClN3O2/c1-4-36-29-18-28(22-8-6-9-24(31)16-22)32-27-12-11-23(17-26(27)29)30(35)33-13-14-34(21(3)19-33)25-10-5-7-20(2)15-25/h5-12,15-18,21H,4,13-14,19H2,1-3H3. The molecular formula is C30H30ClN3O2. The van der Waals surface area contributed by atoms with Gasteiger partial charge in [-0.1, -0.05) is 35.9 Å². The topological polar surface area (TPSA) is 45.7 Å². The molecule has 3 aromatic carbocycles. The van der Waals surface area contributed by atoms with Gasteiger partial charge < -0.3 is 14.5 Å². The van der Waals surface area contributed by atoms with Crippen molar-refractivity contribution in [2.45, 2.75) is 26.8 Å². The van der Waals surface area contributed by atoms with Crippen LogP contribution in [-0.4, -0.2) is 48.1 Å². The van der Waals surface area contributed by atoms with E-state index in [1.165, 1.54) is 11.3 Å². The van der Waals surface area contributed by atoms with E-state index in [9.17, 15) is 4.79 Å². The number of ether oxygens (including phenoxy) is 1. The van der Waals surface area contributed by atoms with Gasteiger partial charge in [-0.3, -0.25) is 4.79 Å². The SMILES string of the molecule is CCOc1cc(-c2cccc(Cl)c2)nc2ccc(C(=O)N3CCN(c4cccc(C)c4)C(C)C3)cc12. The quantitative estimate of drug-likeness (QED) is 0.310. The molecule has 0 radical (unpaired) electrons. The minimum Gasteiger partial charge on any atom is -0.493 e. The smallest absolute Gasteiger partial charge is 0.254 e. The van der Waals surface area contributed by atoms with Crippen LogP contribution in [0.25, 0.3) is 22.2 Å². The van der Waals surface area contributed by atoms with Crippen molar-refractivity contribution < 1.29 is 9.53 Å². The van der Waals surface area contributed by atoms with E-state index in [1.54, 1.807) is 0 Å². The van der Waals surface area contributed by atoms with Crippen LogP contribution in [0.3, 0.4) is 0 Å². The first kappa shape index (κ1) is 24.1. The third-order valence-corrected chi connectivity index (χ3v) is 6.92. The molecule has 0 N–H and O–H groups in total. The molecule has 1 aliphatic rings. The second kappa shape index (κ2) is 10.2. The van der Waals surface area contributed by atoms with Crippen molar-refractivity contribution >= 4 is 34.1 Å². The van der Waals surface area contributed by atoms with E-state index in [-0.39, 0.29) is 11.9 Å². The van der Waals surface area contributed by atoms with Gasteiger partial charge in [-0.2, -0.15) is 0 Å². The fraction of sp³-hybridized carbons (Fsp3) is 0.267. The Morgan fingerprint density at radius 2 is 1.89 bits per heavy atom.